The highest BCUT2D eigenvalue weighted by atomic mass is 32.4. The maximum absolute atomic E-state index is 5.96. The molecule has 0 saturated carbocycles. The summed E-state index contributed by atoms with van der Waals surface area (Å²) in [5.41, 5.74) is 2.75. The van der Waals surface area contributed by atoms with Crippen LogP contribution in [0, 0.1) is 0 Å². The third-order valence-electron chi connectivity index (χ3n) is 2.92. The van der Waals surface area contributed by atoms with Crippen molar-refractivity contribution in [3.8, 4) is 0 Å². The van der Waals surface area contributed by atoms with Crippen LogP contribution < -0.4 is 5.30 Å². The molecule has 1 aromatic carbocycles. The third-order valence-corrected chi connectivity index (χ3v) is 9.63. The van der Waals surface area contributed by atoms with E-state index in [-0.39, 0.29) is 0 Å². The zero-order chi connectivity index (χ0) is 11.8. The summed E-state index contributed by atoms with van der Waals surface area (Å²) in [4.78, 5) is 0. The lowest BCUT2D eigenvalue weighted by Gasteiger charge is -2.18. The molecule has 0 aliphatic carbocycles. The van der Waals surface area contributed by atoms with Gasteiger partial charge >= 0.3 is 0 Å². The van der Waals surface area contributed by atoms with Gasteiger partial charge in [-0.2, -0.15) is 0 Å². The molecule has 0 amide bonds. The average molecular weight is 266 g/mol. The molecule has 16 heavy (non-hydrogen) atoms. The highest BCUT2D eigenvalue weighted by Gasteiger charge is 2.29. The molecular weight excluding hydrogens is 251 g/mol. The predicted octanol–water partition coefficient (Wildman–Crippen LogP) is 4.30. The minimum atomic E-state index is -1.63. The van der Waals surface area contributed by atoms with Gasteiger partial charge in [-0.15, -0.1) is 11.8 Å². The molecule has 2 rings (SSSR count). The quantitative estimate of drug-likeness (QED) is 0.732. The molecule has 1 aliphatic rings. The second kappa shape index (κ2) is 4.52. The Labute approximate surface area is 107 Å². The lowest BCUT2D eigenvalue weighted by Crippen LogP contribution is -2.01. The highest BCUT2D eigenvalue weighted by molar-refractivity contribution is 8.30. The summed E-state index contributed by atoms with van der Waals surface area (Å²) in [6.45, 7) is 4.36. The van der Waals surface area contributed by atoms with Crippen LogP contribution in [-0.4, -0.2) is 6.26 Å². The van der Waals surface area contributed by atoms with Crippen molar-refractivity contribution < 1.29 is 0 Å². The standard InChI is InChI=1S/C13H15PS2/c1-10-9-14(15,13(16-3)11(10)2)12-7-5-4-6-8-12/h4-9H,1-3H3. The first-order chi connectivity index (χ1) is 7.59. The summed E-state index contributed by atoms with van der Waals surface area (Å²) < 4.78 is 1.41. The van der Waals surface area contributed by atoms with Crippen LogP contribution in [0.4, 0.5) is 0 Å². The van der Waals surface area contributed by atoms with Gasteiger partial charge in [0.1, 0.15) is 0 Å². The van der Waals surface area contributed by atoms with Crippen molar-refractivity contribution in [1.29, 1.82) is 0 Å². The van der Waals surface area contributed by atoms with Gasteiger partial charge in [0.25, 0.3) is 0 Å². The molecule has 3 heteroatoms. The monoisotopic (exact) mass is 266 g/mol. The van der Waals surface area contributed by atoms with E-state index in [1.807, 2.05) is 17.8 Å². The van der Waals surface area contributed by atoms with Gasteiger partial charge in [-0.3, -0.25) is 0 Å². The van der Waals surface area contributed by atoms with E-state index in [0.717, 1.165) is 0 Å². The summed E-state index contributed by atoms with van der Waals surface area (Å²) in [6.07, 6.45) is 2.13. The minimum Gasteiger partial charge on any atom is -0.127 e. The molecule has 0 N–H and O–H groups in total. The van der Waals surface area contributed by atoms with Crippen LogP contribution in [-0.2, 0) is 11.8 Å². The maximum atomic E-state index is 5.96. The van der Waals surface area contributed by atoms with Crippen LogP contribution in [0.2, 0.25) is 0 Å². The van der Waals surface area contributed by atoms with Gasteiger partial charge in [0.2, 0.25) is 0 Å². The second-order valence-corrected chi connectivity index (χ2v) is 9.32. The zero-order valence-corrected chi connectivity index (χ0v) is 12.3. The van der Waals surface area contributed by atoms with Gasteiger partial charge in [0.05, 0.1) is 0 Å². The molecule has 0 bridgehead atoms. The Morgan fingerprint density at radius 3 is 2.31 bits per heavy atom. The van der Waals surface area contributed by atoms with Crippen molar-refractivity contribution in [2.45, 2.75) is 13.8 Å². The fourth-order valence-corrected chi connectivity index (χ4v) is 8.45. The van der Waals surface area contributed by atoms with E-state index in [1.54, 1.807) is 0 Å². The molecule has 1 aliphatic heterocycles. The van der Waals surface area contributed by atoms with Crippen molar-refractivity contribution in [2.24, 2.45) is 0 Å². The van der Waals surface area contributed by atoms with Gasteiger partial charge in [0, 0.05) is 10.7 Å². The van der Waals surface area contributed by atoms with Crippen LogP contribution in [0.15, 0.2) is 51.9 Å². The van der Waals surface area contributed by atoms with E-state index >= 15 is 0 Å². The van der Waals surface area contributed by atoms with Crippen molar-refractivity contribution in [3.63, 3.8) is 0 Å². The third kappa shape index (κ3) is 1.84. The minimum absolute atomic E-state index is 1.31. The number of hydrogen-bond acceptors (Lipinski definition) is 2. The Balaban J connectivity index is 2.61. The summed E-state index contributed by atoms with van der Waals surface area (Å²) in [5, 5.41) is 1.31. The van der Waals surface area contributed by atoms with Gasteiger partial charge in [-0.05, 0) is 42.4 Å². The highest BCUT2D eigenvalue weighted by Crippen LogP contribution is 2.64. The van der Waals surface area contributed by atoms with Crippen molar-refractivity contribution >= 4 is 34.9 Å². The van der Waals surface area contributed by atoms with E-state index in [9.17, 15) is 0 Å². The van der Waals surface area contributed by atoms with Crippen LogP contribution in [0.1, 0.15) is 13.8 Å². The normalized spacial score (nSPS) is 24.8. The van der Waals surface area contributed by atoms with Gasteiger partial charge in [-0.1, -0.05) is 42.1 Å². The Bertz CT molecular complexity index is 512. The van der Waals surface area contributed by atoms with Crippen molar-refractivity contribution in [1.82, 2.24) is 0 Å². The molecule has 0 fully saturated rings. The first kappa shape index (κ1) is 12.2. The van der Waals surface area contributed by atoms with Crippen LogP contribution in [0.3, 0.4) is 0 Å². The van der Waals surface area contributed by atoms with E-state index in [1.165, 1.54) is 21.1 Å². The summed E-state index contributed by atoms with van der Waals surface area (Å²) in [5.74, 6) is 2.32. The zero-order valence-electron chi connectivity index (χ0n) is 9.73. The van der Waals surface area contributed by atoms with E-state index in [4.69, 9.17) is 11.8 Å². The van der Waals surface area contributed by atoms with Crippen LogP contribution in [0.25, 0.3) is 0 Å². The van der Waals surface area contributed by atoms with E-state index in [0.29, 0.717) is 0 Å². The number of allylic oxidation sites excluding steroid dienone is 2. The first-order valence-electron chi connectivity index (χ1n) is 5.20. The van der Waals surface area contributed by atoms with Gasteiger partial charge in [-0.25, -0.2) is 0 Å². The van der Waals surface area contributed by atoms with E-state index in [2.05, 4.69) is 50.2 Å². The summed E-state index contributed by atoms with van der Waals surface area (Å²) in [7, 11) is 0. The molecule has 1 atom stereocenters. The molecule has 0 radical (unpaired) electrons. The largest absolute Gasteiger partial charge is 0.127 e. The lowest BCUT2D eigenvalue weighted by molar-refractivity contribution is 1.38. The number of rotatable bonds is 2. The Morgan fingerprint density at radius 2 is 1.75 bits per heavy atom. The SMILES string of the molecule is CSC1=C(C)C(C)=CP1(=S)c1ccccc1. The topological polar surface area (TPSA) is 0 Å². The van der Waals surface area contributed by atoms with Crippen molar-refractivity contribution in [3.05, 3.63) is 51.9 Å². The first-order valence-corrected chi connectivity index (χ1v) is 9.30. The predicted molar refractivity (Wildman–Crippen MR) is 80.3 cm³/mol. The molecule has 1 heterocycles. The van der Waals surface area contributed by atoms with Gasteiger partial charge in [0.15, 0.2) is 0 Å². The molecule has 1 aromatic rings. The molecule has 1 unspecified atom stereocenters. The lowest BCUT2D eigenvalue weighted by atomic mass is 10.2. The summed E-state index contributed by atoms with van der Waals surface area (Å²) >= 11 is 7.78. The maximum Gasteiger partial charge on any atom is 0.0376 e. The number of hydrogen-bond donors (Lipinski definition) is 0. The smallest absolute Gasteiger partial charge is 0.0376 e. The average Bonchev–Trinajstić information content (AvgIpc) is 2.52. The molecule has 0 aromatic heterocycles. The molecule has 0 nitrogen and oxygen atoms in total. The summed E-state index contributed by atoms with van der Waals surface area (Å²) in [6, 6.07) is 8.91. The Kier molecular flexibility index (Phi) is 3.44. The molecule has 0 saturated heterocycles. The molecule has 84 valence electrons. The Morgan fingerprint density at radius 1 is 1.12 bits per heavy atom. The molecular formula is C13H15PS2. The fraction of sp³-hybridized carbons (Fsp3) is 0.231. The van der Waals surface area contributed by atoms with Gasteiger partial charge < -0.3 is 0 Å². The number of thioether (sulfide) groups is 1. The second-order valence-electron chi connectivity index (χ2n) is 3.94. The van der Waals surface area contributed by atoms with Crippen LogP contribution in [0.5, 0.6) is 0 Å². The number of benzene rings is 1. The fourth-order valence-electron chi connectivity index (χ4n) is 1.98. The van der Waals surface area contributed by atoms with Crippen molar-refractivity contribution in [2.75, 3.05) is 6.26 Å². The van der Waals surface area contributed by atoms with E-state index < -0.39 is 6.04 Å². The molecule has 0 spiro atoms. The van der Waals surface area contributed by atoms with Crippen LogP contribution >= 0.6 is 17.8 Å². The Hall–Kier alpha value is -0.300.